The van der Waals surface area contributed by atoms with E-state index in [9.17, 15) is 10.2 Å². The lowest BCUT2D eigenvalue weighted by Crippen LogP contribution is -2.17. The van der Waals surface area contributed by atoms with Gasteiger partial charge in [-0.2, -0.15) is 0 Å². The molecule has 1 aliphatic rings. The molecule has 2 rings (SSSR count). The van der Waals surface area contributed by atoms with Crippen molar-refractivity contribution in [3.8, 4) is 0 Å². The van der Waals surface area contributed by atoms with Gasteiger partial charge < -0.3 is 19.7 Å². The van der Waals surface area contributed by atoms with Crippen molar-refractivity contribution >= 4 is 0 Å². The quantitative estimate of drug-likeness (QED) is 0.744. The van der Waals surface area contributed by atoms with Gasteiger partial charge in [-0.15, -0.1) is 0 Å². The standard InChI is InChI=1S/C14H20O4/c15-13-8-12(9-14(13)16)18-7-6-17-10-11-4-2-1-3-5-11/h1-5,12-16H,6-10H2/t12?,13-,14+. The molecular formula is C14H20O4. The van der Waals surface area contributed by atoms with Crippen LogP contribution in [0.4, 0.5) is 0 Å². The molecule has 0 radical (unpaired) electrons. The van der Waals surface area contributed by atoms with Crippen LogP contribution < -0.4 is 0 Å². The molecule has 1 saturated carbocycles. The molecule has 0 saturated heterocycles. The van der Waals surface area contributed by atoms with Crippen molar-refractivity contribution in [2.45, 2.75) is 37.8 Å². The summed E-state index contributed by atoms with van der Waals surface area (Å²) < 4.78 is 11.0. The van der Waals surface area contributed by atoms with E-state index >= 15 is 0 Å². The van der Waals surface area contributed by atoms with E-state index in [0.29, 0.717) is 32.7 Å². The second-order valence-electron chi connectivity index (χ2n) is 4.64. The maximum Gasteiger partial charge on any atom is 0.0824 e. The topological polar surface area (TPSA) is 58.9 Å². The molecule has 1 aromatic rings. The summed E-state index contributed by atoms with van der Waals surface area (Å²) in [5.41, 5.74) is 1.14. The fourth-order valence-corrected chi connectivity index (χ4v) is 2.12. The van der Waals surface area contributed by atoms with Gasteiger partial charge in [-0.25, -0.2) is 0 Å². The molecule has 0 amide bonds. The van der Waals surface area contributed by atoms with Crippen LogP contribution in [0.1, 0.15) is 18.4 Å². The van der Waals surface area contributed by atoms with Gasteiger partial charge in [0, 0.05) is 12.8 Å². The molecule has 0 bridgehead atoms. The number of hydrogen-bond acceptors (Lipinski definition) is 4. The van der Waals surface area contributed by atoms with E-state index in [4.69, 9.17) is 9.47 Å². The van der Waals surface area contributed by atoms with Crippen LogP contribution in [0.3, 0.4) is 0 Å². The van der Waals surface area contributed by atoms with E-state index in [0.717, 1.165) is 5.56 Å². The number of ether oxygens (including phenoxy) is 2. The third kappa shape index (κ3) is 4.07. The summed E-state index contributed by atoms with van der Waals surface area (Å²) >= 11 is 0. The fourth-order valence-electron chi connectivity index (χ4n) is 2.12. The van der Waals surface area contributed by atoms with Crippen LogP contribution in [-0.4, -0.2) is 41.7 Å². The van der Waals surface area contributed by atoms with Crippen LogP contribution in [0.5, 0.6) is 0 Å². The number of rotatable bonds is 6. The maximum absolute atomic E-state index is 9.36. The minimum Gasteiger partial charge on any atom is -0.390 e. The van der Waals surface area contributed by atoms with Crippen molar-refractivity contribution < 1.29 is 19.7 Å². The Morgan fingerprint density at radius 2 is 1.67 bits per heavy atom. The highest BCUT2D eigenvalue weighted by atomic mass is 16.5. The smallest absolute Gasteiger partial charge is 0.0824 e. The molecule has 1 aliphatic carbocycles. The van der Waals surface area contributed by atoms with Gasteiger partial charge in [-0.1, -0.05) is 30.3 Å². The lowest BCUT2D eigenvalue weighted by Gasteiger charge is -2.11. The van der Waals surface area contributed by atoms with Crippen molar-refractivity contribution in [2.75, 3.05) is 13.2 Å². The third-order valence-electron chi connectivity index (χ3n) is 3.15. The van der Waals surface area contributed by atoms with E-state index < -0.39 is 12.2 Å². The first kappa shape index (κ1) is 13.5. The SMILES string of the molecule is O[C@@H]1CC(OCCOCc2ccccc2)C[C@@H]1O. The summed E-state index contributed by atoms with van der Waals surface area (Å²) in [6.07, 6.45) is -0.296. The summed E-state index contributed by atoms with van der Waals surface area (Å²) in [5, 5.41) is 18.7. The molecular weight excluding hydrogens is 232 g/mol. The third-order valence-corrected chi connectivity index (χ3v) is 3.15. The van der Waals surface area contributed by atoms with Gasteiger partial charge in [0.05, 0.1) is 38.1 Å². The van der Waals surface area contributed by atoms with Crippen LogP contribution in [0.25, 0.3) is 0 Å². The summed E-state index contributed by atoms with van der Waals surface area (Å²) in [5.74, 6) is 0. The van der Waals surface area contributed by atoms with E-state index in [-0.39, 0.29) is 6.10 Å². The van der Waals surface area contributed by atoms with Gasteiger partial charge >= 0.3 is 0 Å². The maximum atomic E-state index is 9.36. The Morgan fingerprint density at radius 3 is 2.33 bits per heavy atom. The molecule has 2 N–H and O–H groups in total. The molecule has 4 nitrogen and oxygen atoms in total. The highest BCUT2D eigenvalue weighted by molar-refractivity contribution is 5.13. The Hall–Kier alpha value is -0.940. The van der Waals surface area contributed by atoms with Crippen LogP contribution >= 0.6 is 0 Å². The molecule has 0 aromatic heterocycles. The summed E-state index contributed by atoms with van der Waals surface area (Å²) in [7, 11) is 0. The zero-order valence-electron chi connectivity index (χ0n) is 10.4. The second kappa shape index (κ2) is 6.85. The Balaban J connectivity index is 1.54. The molecule has 0 spiro atoms. The zero-order valence-corrected chi connectivity index (χ0v) is 10.4. The highest BCUT2D eigenvalue weighted by Crippen LogP contribution is 2.22. The summed E-state index contributed by atoms with van der Waals surface area (Å²) in [4.78, 5) is 0. The highest BCUT2D eigenvalue weighted by Gasteiger charge is 2.31. The van der Waals surface area contributed by atoms with E-state index in [1.165, 1.54) is 0 Å². The van der Waals surface area contributed by atoms with Gasteiger partial charge in [-0.05, 0) is 5.56 Å². The van der Waals surface area contributed by atoms with Gasteiger partial charge in [0.1, 0.15) is 0 Å². The predicted molar refractivity (Wildman–Crippen MR) is 67.1 cm³/mol. The minimum absolute atomic E-state index is 0.0460. The first-order valence-corrected chi connectivity index (χ1v) is 6.35. The zero-order chi connectivity index (χ0) is 12.8. The second-order valence-corrected chi connectivity index (χ2v) is 4.64. The predicted octanol–water partition coefficient (Wildman–Crippen LogP) is 1.10. The van der Waals surface area contributed by atoms with Crippen molar-refractivity contribution in [1.29, 1.82) is 0 Å². The normalized spacial score (nSPS) is 27.6. The van der Waals surface area contributed by atoms with Crippen molar-refractivity contribution in [3.05, 3.63) is 35.9 Å². The molecule has 1 fully saturated rings. The minimum atomic E-state index is -0.639. The number of aliphatic hydroxyl groups is 2. The van der Waals surface area contributed by atoms with E-state index in [1.807, 2.05) is 30.3 Å². The average Bonchev–Trinajstić information content (AvgIpc) is 2.70. The van der Waals surface area contributed by atoms with Crippen LogP contribution in [0.15, 0.2) is 30.3 Å². The first-order valence-electron chi connectivity index (χ1n) is 6.35. The van der Waals surface area contributed by atoms with Gasteiger partial charge in [0.2, 0.25) is 0 Å². The lowest BCUT2D eigenvalue weighted by molar-refractivity contribution is -0.00213. The number of hydrogen-bond donors (Lipinski definition) is 2. The Bertz CT molecular complexity index is 331. The van der Waals surface area contributed by atoms with Crippen molar-refractivity contribution in [2.24, 2.45) is 0 Å². The monoisotopic (exact) mass is 252 g/mol. The van der Waals surface area contributed by atoms with Crippen LogP contribution in [0.2, 0.25) is 0 Å². The average molecular weight is 252 g/mol. The van der Waals surface area contributed by atoms with E-state index in [1.54, 1.807) is 0 Å². The van der Waals surface area contributed by atoms with Gasteiger partial charge in [0.25, 0.3) is 0 Å². The molecule has 18 heavy (non-hydrogen) atoms. The Kier molecular flexibility index (Phi) is 5.13. The first-order chi connectivity index (χ1) is 8.75. The molecule has 1 unspecified atom stereocenters. The lowest BCUT2D eigenvalue weighted by atomic mass is 10.2. The number of aliphatic hydroxyl groups excluding tert-OH is 2. The molecule has 4 heteroatoms. The Labute approximate surface area is 107 Å². The van der Waals surface area contributed by atoms with E-state index in [2.05, 4.69) is 0 Å². The molecule has 0 heterocycles. The van der Waals surface area contributed by atoms with Crippen LogP contribution in [-0.2, 0) is 16.1 Å². The largest absolute Gasteiger partial charge is 0.390 e. The van der Waals surface area contributed by atoms with Crippen LogP contribution in [0, 0.1) is 0 Å². The van der Waals surface area contributed by atoms with Crippen molar-refractivity contribution in [3.63, 3.8) is 0 Å². The number of benzene rings is 1. The molecule has 0 aliphatic heterocycles. The van der Waals surface area contributed by atoms with Gasteiger partial charge in [0.15, 0.2) is 0 Å². The summed E-state index contributed by atoms with van der Waals surface area (Å²) in [6, 6.07) is 9.98. The summed E-state index contributed by atoms with van der Waals surface area (Å²) in [6.45, 7) is 1.61. The fraction of sp³-hybridized carbons (Fsp3) is 0.571. The molecule has 100 valence electrons. The van der Waals surface area contributed by atoms with Crippen molar-refractivity contribution in [1.82, 2.24) is 0 Å². The molecule has 1 aromatic carbocycles. The van der Waals surface area contributed by atoms with Gasteiger partial charge in [-0.3, -0.25) is 0 Å². The molecule has 3 atom stereocenters. The Morgan fingerprint density at radius 1 is 1.00 bits per heavy atom.